The highest BCUT2D eigenvalue weighted by molar-refractivity contribution is 6.03. The molecule has 0 fully saturated rings. The monoisotopic (exact) mass is 250 g/mol. The largest absolute Gasteiger partial charge is 0.443 e. The van der Waals surface area contributed by atoms with Crippen LogP contribution in [0.15, 0.2) is 31.8 Å². The fourth-order valence-electron chi connectivity index (χ4n) is 2.05. The van der Waals surface area contributed by atoms with Crippen LogP contribution >= 0.6 is 0 Å². The molecule has 0 amide bonds. The Kier molecular flexibility index (Phi) is 2.17. The summed E-state index contributed by atoms with van der Waals surface area (Å²) in [6, 6.07) is 8.86. The predicted molar refractivity (Wildman–Crippen MR) is 66.4 cm³/mol. The van der Waals surface area contributed by atoms with Crippen molar-refractivity contribution in [2.75, 3.05) is 0 Å². The number of furan rings is 1. The fraction of sp³-hybridized carbons (Fsp3) is 0.0714. The molecule has 0 saturated carbocycles. The average molecular weight is 250 g/mol. The van der Waals surface area contributed by atoms with E-state index in [-0.39, 0.29) is 22.3 Å². The zero-order valence-corrected chi connectivity index (χ0v) is 9.85. The van der Waals surface area contributed by atoms with Gasteiger partial charge in [0.05, 0.1) is 5.39 Å². The molecule has 0 N–H and O–H groups in total. The first-order valence-corrected chi connectivity index (χ1v) is 5.46. The molecule has 19 heavy (non-hydrogen) atoms. The fourth-order valence-corrected chi connectivity index (χ4v) is 2.05. The lowest BCUT2D eigenvalue weighted by Gasteiger charge is -1.98. The van der Waals surface area contributed by atoms with Crippen molar-refractivity contribution in [2.45, 2.75) is 6.92 Å². The summed E-state index contributed by atoms with van der Waals surface area (Å²) in [4.78, 5) is 11.9. The van der Waals surface area contributed by atoms with Crippen LogP contribution in [0.5, 0.6) is 0 Å². The van der Waals surface area contributed by atoms with Gasteiger partial charge in [-0.15, -0.1) is 0 Å². The third kappa shape index (κ3) is 1.42. The smallest absolute Gasteiger partial charge is 0.348 e. The molecule has 0 aliphatic rings. The molecule has 0 aliphatic heterocycles. The molecule has 0 saturated heterocycles. The number of hydrogen-bond acceptors (Lipinski definition) is 5. The number of rotatable bonds is 0. The lowest BCUT2D eigenvalue weighted by molar-refractivity contribution is 0.563. The third-order valence-corrected chi connectivity index (χ3v) is 2.91. The van der Waals surface area contributed by atoms with Crippen LogP contribution in [-0.4, -0.2) is 0 Å². The van der Waals surface area contributed by atoms with Gasteiger partial charge >= 0.3 is 5.63 Å². The number of aryl methyl sites for hydroxylation is 1. The Hall–Kier alpha value is -3.05. The molecule has 5 heteroatoms. The minimum Gasteiger partial charge on any atom is -0.443 e. The highest BCUT2D eigenvalue weighted by atomic mass is 16.4. The Bertz CT molecular complexity index is 965. The quantitative estimate of drug-likeness (QED) is 0.572. The Morgan fingerprint density at radius 2 is 1.95 bits per heavy atom. The van der Waals surface area contributed by atoms with Crippen LogP contribution in [0.3, 0.4) is 0 Å². The van der Waals surface area contributed by atoms with Crippen molar-refractivity contribution in [3.63, 3.8) is 0 Å². The lowest BCUT2D eigenvalue weighted by Crippen LogP contribution is -1.99. The first-order chi connectivity index (χ1) is 9.15. The maximum absolute atomic E-state index is 11.9. The van der Waals surface area contributed by atoms with E-state index >= 15 is 0 Å². The molecule has 3 aromatic rings. The summed E-state index contributed by atoms with van der Waals surface area (Å²) in [5, 5.41) is 18.6. The second-order valence-corrected chi connectivity index (χ2v) is 4.12. The third-order valence-electron chi connectivity index (χ3n) is 2.91. The standard InChI is InChI=1S/C14H6N2O3/c1-7-2-3-8-10(4-7)19-14(17)12-9(5-15)11(6-16)18-13(8)12/h2-4H,1H3. The molecule has 90 valence electrons. The van der Waals surface area contributed by atoms with Gasteiger partial charge < -0.3 is 8.83 Å². The molecule has 2 aromatic heterocycles. The number of hydrogen-bond donors (Lipinski definition) is 0. The van der Waals surface area contributed by atoms with Crippen molar-refractivity contribution in [1.82, 2.24) is 0 Å². The van der Waals surface area contributed by atoms with Gasteiger partial charge in [-0.25, -0.2) is 4.79 Å². The van der Waals surface area contributed by atoms with Crippen molar-refractivity contribution in [3.8, 4) is 12.1 Å². The molecule has 5 nitrogen and oxygen atoms in total. The Morgan fingerprint density at radius 3 is 2.63 bits per heavy atom. The van der Waals surface area contributed by atoms with E-state index in [0.29, 0.717) is 11.0 Å². The second kappa shape index (κ2) is 3.72. The molecule has 0 unspecified atom stereocenters. The number of nitriles is 2. The first kappa shape index (κ1) is 11.1. The van der Waals surface area contributed by atoms with Gasteiger partial charge in [-0.1, -0.05) is 6.07 Å². The molecule has 0 atom stereocenters. The van der Waals surface area contributed by atoms with Crippen molar-refractivity contribution >= 4 is 21.9 Å². The van der Waals surface area contributed by atoms with Gasteiger partial charge in [-0.2, -0.15) is 10.5 Å². The summed E-state index contributed by atoms with van der Waals surface area (Å²) in [6.07, 6.45) is 0. The highest BCUT2D eigenvalue weighted by Crippen LogP contribution is 2.29. The van der Waals surface area contributed by atoms with E-state index in [9.17, 15) is 4.79 Å². The number of nitrogens with zero attached hydrogens (tertiary/aromatic N) is 2. The van der Waals surface area contributed by atoms with Gasteiger partial charge in [0.15, 0.2) is 5.58 Å². The minimum absolute atomic E-state index is 0.0235. The van der Waals surface area contributed by atoms with Crippen LogP contribution < -0.4 is 5.63 Å². The van der Waals surface area contributed by atoms with E-state index in [0.717, 1.165) is 5.56 Å². The van der Waals surface area contributed by atoms with E-state index in [1.54, 1.807) is 18.2 Å². The first-order valence-electron chi connectivity index (χ1n) is 5.46. The van der Waals surface area contributed by atoms with Gasteiger partial charge in [0.2, 0.25) is 5.76 Å². The summed E-state index contributed by atoms with van der Waals surface area (Å²) in [7, 11) is 0. The summed E-state index contributed by atoms with van der Waals surface area (Å²) in [5.41, 5.74) is 0.783. The maximum Gasteiger partial charge on any atom is 0.348 e. The van der Waals surface area contributed by atoms with Crippen LogP contribution in [-0.2, 0) is 0 Å². The van der Waals surface area contributed by atoms with Crippen LogP contribution in [0.25, 0.3) is 21.9 Å². The molecular formula is C14H6N2O3. The zero-order chi connectivity index (χ0) is 13.6. The van der Waals surface area contributed by atoms with Crippen molar-refractivity contribution < 1.29 is 8.83 Å². The maximum atomic E-state index is 11.9. The molecule has 0 spiro atoms. The molecule has 2 heterocycles. The van der Waals surface area contributed by atoms with Gasteiger partial charge in [-0.05, 0) is 24.6 Å². The van der Waals surface area contributed by atoms with Gasteiger partial charge in [-0.3, -0.25) is 0 Å². The summed E-state index contributed by atoms with van der Waals surface area (Å²) in [6.45, 7) is 1.87. The molecule has 1 aromatic carbocycles. The van der Waals surface area contributed by atoms with Crippen LogP contribution in [0.4, 0.5) is 0 Å². The number of fused-ring (bicyclic) bond motifs is 3. The summed E-state index contributed by atoms with van der Waals surface area (Å²) >= 11 is 0. The highest BCUT2D eigenvalue weighted by Gasteiger charge is 2.20. The average Bonchev–Trinajstić information content (AvgIpc) is 2.77. The Balaban J connectivity index is 2.65. The van der Waals surface area contributed by atoms with Gasteiger partial charge in [0.25, 0.3) is 0 Å². The summed E-state index contributed by atoms with van der Waals surface area (Å²) < 4.78 is 10.5. The number of benzene rings is 1. The van der Waals surface area contributed by atoms with Gasteiger partial charge in [0, 0.05) is 0 Å². The van der Waals surface area contributed by atoms with Crippen LogP contribution in [0.2, 0.25) is 0 Å². The zero-order valence-electron chi connectivity index (χ0n) is 9.85. The van der Waals surface area contributed by atoms with Crippen molar-refractivity contribution in [3.05, 3.63) is 45.5 Å². The van der Waals surface area contributed by atoms with Crippen molar-refractivity contribution in [2.24, 2.45) is 0 Å². The second-order valence-electron chi connectivity index (χ2n) is 4.12. The Labute approximate surface area is 106 Å². The van der Waals surface area contributed by atoms with Gasteiger partial charge in [0.1, 0.15) is 28.7 Å². The van der Waals surface area contributed by atoms with E-state index in [1.165, 1.54) is 0 Å². The van der Waals surface area contributed by atoms with E-state index in [4.69, 9.17) is 19.4 Å². The normalized spacial score (nSPS) is 10.5. The van der Waals surface area contributed by atoms with E-state index < -0.39 is 5.63 Å². The molecule has 0 bridgehead atoms. The molecular weight excluding hydrogens is 244 g/mol. The topological polar surface area (TPSA) is 90.9 Å². The summed E-state index contributed by atoms with van der Waals surface area (Å²) in [5.74, 6) is -0.169. The molecule has 0 aliphatic carbocycles. The lowest BCUT2D eigenvalue weighted by atomic mass is 10.1. The minimum atomic E-state index is -0.671. The molecule has 3 rings (SSSR count). The van der Waals surface area contributed by atoms with E-state index in [1.807, 2.05) is 19.1 Å². The predicted octanol–water partition coefficient (Wildman–Crippen LogP) is 2.59. The SMILES string of the molecule is Cc1ccc2c(c1)oc(=O)c1c(C#N)c(C#N)oc12. The Morgan fingerprint density at radius 1 is 1.16 bits per heavy atom. The van der Waals surface area contributed by atoms with Crippen LogP contribution in [0.1, 0.15) is 16.9 Å². The van der Waals surface area contributed by atoms with Crippen molar-refractivity contribution in [1.29, 1.82) is 10.5 Å². The van der Waals surface area contributed by atoms with Crippen LogP contribution in [0, 0.1) is 29.6 Å². The van der Waals surface area contributed by atoms with E-state index in [2.05, 4.69) is 0 Å². The molecule has 0 radical (unpaired) electrons.